The molecule has 1 atom stereocenters. The largest absolute Gasteiger partial charge is 0.285 e. The van der Waals surface area contributed by atoms with Crippen molar-refractivity contribution in [2.24, 2.45) is 0 Å². The van der Waals surface area contributed by atoms with Crippen molar-refractivity contribution in [1.82, 2.24) is 0 Å². The van der Waals surface area contributed by atoms with E-state index in [0.717, 1.165) is 29.0 Å². The molecule has 1 unspecified atom stereocenters. The molecule has 1 aromatic carbocycles. The Morgan fingerprint density at radius 3 is 2.07 bits per heavy atom. The lowest BCUT2D eigenvalue weighted by Gasteiger charge is -2.20. The summed E-state index contributed by atoms with van der Waals surface area (Å²) < 4.78 is 20.2. The van der Waals surface area contributed by atoms with Gasteiger partial charge in [-0.2, -0.15) is 0 Å². The Labute approximate surface area is 123 Å². The van der Waals surface area contributed by atoms with Gasteiger partial charge in [0.2, 0.25) is 0 Å². The van der Waals surface area contributed by atoms with Crippen LogP contribution in [0.1, 0.15) is 11.1 Å². The molecule has 0 aromatic heterocycles. The van der Waals surface area contributed by atoms with E-state index in [1.54, 1.807) is 0 Å². The Kier molecular flexibility index (Phi) is 4.11. The molecule has 1 aliphatic heterocycles. The molecule has 2 nitrogen and oxygen atoms in total. The van der Waals surface area contributed by atoms with Crippen molar-refractivity contribution in [2.75, 3.05) is 0 Å². The number of hydrogen-bond donors (Lipinski definition) is 0. The van der Waals surface area contributed by atoms with E-state index in [4.69, 9.17) is 4.18 Å². The number of hydrogen-bond acceptors (Lipinski definition) is 2. The molecule has 15 heavy (non-hydrogen) atoms. The lowest BCUT2D eigenvalue weighted by molar-refractivity contribution is 0.326. The predicted octanol–water partition coefficient (Wildman–Crippen LogP) is 4.43. The number of halogens is 4. The van der Waals surface area contributed by atoms with Gasteiger partial charge in [-0.05, 0) is 74.8 Å². The fourth-order valence-corrected chi connectivity index (χ4v) is 4.92. The SMILES string of the molecule is O=S1Cc2c(Br)c(Br)c(Br)c(Br)c2CO1. The lowest BCUT2D eigenvalue weighted by Crippen LogP contribution is -2.13. The molecule has 0 amide bonds. The summed E-state index contributed by atoms with van der Waals surface area (Å²) >= 11 is 12.7. The molecule has 0 saturated heterocycles. The topological polar surface area (TPSA) is 26.3 Å². The number of benzene rings is 1. The minimum Gasteiger partial charge on any atom is -0.285 e. The van der Waals surface area contributed by atoms with Crippen LogP contribution in [-0.4, -0.2) is 4.21 Å². The minimum atomic E-state index is -1.22. The summed E-state index contributed by atoms with van der Waals surface area (Å²) in [5.74, 6) is 0.417. The average Bonchev–Trinajstić information content (AvgIpc) is 2.23. The monoisotopic (exact) mass is 480 g/mol. The van der Waals surface area contributed by atoms with E-state index < -0.39 is 11.1 Å². The van der Waals surface area contributed by atoms with Crippen LogP contribution in [0.2, 0.25) is 0 Å². The zero-order valence-corrected chi connectivity index (χ0v) is 14.3. The van der Waals surface area contributed by atoms with Gasteiger partial charge >= 0.3 is 0 Å². The Hall–Kier alpha value is 1.25. The summed E-state index contributed by atoms with van der Waals surface area (Å²) in [4.78, 5) is 0. The molecule has 0 fully saturated rings. The van der Waals surface area contributed by atoms with Crippen LogP contribution in [0, 0.1) is 0 Å². The Morgan fingerprint density at radius 2 is 1.47 bits per heavy atom. The molecule has 7 heteroatoms. The van der Waals surface area contributed by atoms with Gasteiger partial charge in [0.15, 0.2) is 11.1 Å². The van der Waals surface area contributed by atoms with Crippen LogP contribution in [0.15, 0.2) is 17.9 Å². The predicted molar refractivity (Wildman–Crippen MR) is 73.9 cm³/mol. The molecular formula is C8H4Br4O2S. The van der Waals surface area contributed by atoms with Crippen LogP contribution in [-0.2, 0) is 27.6 Å². The first-order valence-corrected chi connectivity index (χ1v) is 8.29. The standard InChI is InChI=1S/C8H4Br4O2S/c9-5-3-1-14-15(13)2-4(3)6(10)8(12)7(5)11/h1-2H2. The highest BCUT2D eigenvalue weighted by Gasteiger charge is 2.24. The fraction of sp³-hybridized carbons (Fsp3) is 0.250. The summed E-state index contributed by atoms with van der Waals surface area (Å²) in [6.07, 6.45) is 0. The van der Waals surface area contributed by atoms with E-state index >= 15 is 0 Å². The normalized spacial score (nSPS) is 20.1. The molecule has 1 aliphatic rings. The van der Waals surface area contributed by atoms with Crippen LogP contribution >= 0.6 is 63.7 Å². The second kappa shape index (κ2) is 4.86. The van der Waals surface area contributed by atoms with Gasteiger partial charge < -0.3 is 0 Å². The van der Waals surface area contributed by atoms with Gasteiger partial charge in [0.1, 0.15) is 0 Å². The second-order valence-electron chi connectivity index (χ2n) is 2.92. The third kappa shape index (κ3) is 2.28. The van der Waals surface area contributed by atoms with Gasteiger partial charge in [0.05, 0.1) is 12.4 Å². The number of rotatable bonds is 0. The van der Waals surface area contributed by atoms with Gasteiger partial charge in [-0.1, -0.05) is 0 Å². The molecule has 0 N–H and O–H groups in total. The van der Waals surface area contributed by atoms with E-state index in [2.05, 4.69) is 63.7 Å². The minimum absolute atomic E-state index is 0.368. The second-order valence-corrected chi connectivity index (χ2v) is 7.23. The van der Waals surface area contributed by atoms with Crippen molar-refractivity contribution in [1.29, 1.82) is 0 Å². The van der Waals surface area contributed by atoms with E-state index in [-0.39, 0.29) is 0 Å². The molecule has 0 aliphatic carbocycles. The van der Waals surface area contributed by atoms with Gasteiger partial charge in [-0.15, -0.1) is 0 Å². The van der Waals surface area contributed by atoms with Crippen molar-refractivity contribution >= 4 is 74.8 Å². The van der Waals surface area contributed by atoms with E-state index in [9.17, 15) is 4.21 Å². The first kappa shape index (κ1) is 12.7. The van der Waals surface area contributed by atoms with Crippen LogP contribution in [0.4, 0.5) is 0 Å². The zero-order chi connectivity index (χ0) is 11.2. The van der Waals surface area contributed by atoms with E-state index in [1.807, 2.05) is 0 Å². The molecule has 1 aromatic rings. The molecule has 0 radical (unpaired) electrons. The maximum Gasteiger partial charge on any atom is 0.160 e. The van der Waals surface area contributed by atoms with Gasteiger partial charge in [0.25, 0.3) is 0 Å². The molecule has 0 spiro atoms. The summed E-state index contributed by atoms with van der Waals surface area (Å²) in [6, 6.07) is 0. The molecule has 1 heterocycles. The van der Waals surface area contributed by atoms with Crippen LogP contribution in [0.25, 0.3) is 0 Å². The Morgan fingerprint density at radius 1 is 0.933 bits per heavy atom. The van der Waals surface area contributed by atoms with Crippen molar-refractivity contribution < 1.29 is 8.39 Å². The van der Waals surface area contributed by atoms with Crippen LogP contribution in [0.3, 0.4) is 0 Å². The van der Waals surface area contributed by atoms with Gasteiger partial charge in [-0.25, -0.2) is 4.21 Å². The summed E-state index contributed by atoms with van der Waals surface area (Å²) in [5.41, 5.74) is 2.07. The average molecular weight is 484 g/mol. The molecule has 2 rings (SSSR count). The molecule has 0 saturated carbocycles. The van der Waals surface area contributed by atoms with E-state index in [0.29, 0.717) is 12.4 Å². The summed E-state index contributed by atoms with van der Waals surface area (Å²) in [7, 11) is 0. The van der Waals surface area contributed by atoms with Crippen molar-refractivity contribution in [2.45, 2.75) is 12.4 Å². The summed E-state index contributed by atoms with van der Waals surface area (Å²) in [6.45, 7) is 0.368. The molecule has 0 bridgehead atoms. The first-order valence-electron chi connectivity index (χ1n) is 3.87. The Balaban J connectivity index is 2.70. The molecular weight excluding hydrogens is 480 g/mol. The summed E-state index contributed by atoms with van der Waals surface area (Å²) in [5, 5.41) is 0. The fourth-order valence-electron chi connectivity index (χ4n) is 1.31. The molecule has 82 valence electrons. The van der Waals surface area contributed by atoms with Gasteiger partial charge in [0, 0.05) is 17.9 Å². The lowest BCUT2D eigenvalue weighted by atomic mass is 10.1. The Bertz CT molecular complexity index is 461. The highest BCUT2D eigenvalue weighted by molar-refractivity contribution is 9.15. The first-order chi connectivity index (χ1) is 7.02. The zero-order valence-electron chi connectivity index (χ0n) is 7.15. The quantitative estimate of drug-likeness (QED) is 0.403. The smallest absolute Gasteiger partial charge is 0.160 e. The van der Waals surface area contributed by atoms with Crippen molar-refractivity contribution in [3.8, 4) is 0 Å². The third-order valence-corrected chi connectivity index (χ3v) is 7.91. The highest BCUT2D eigenvalue weighted by Crippen LogP contribution is 2.44. The number of fused-ring (bicyclic) bond motifs is 1. The third-order valence-electron chi connectivity index (χ3n) is 2.07. The van der Waals surface area contributed by atoms with Gasteiger partial charge in [-0.3, -0.25) is 4.18 Å². The van der Waals surface area contributed by atoms with Crippen LogP contribution < -0.4 is 0 Å². The maximum absolute atomic E-state index is 11.3. The van der Waals surface area contributed by atoms with Crippen LogP contribution in [0.5, 0.6) is 0 Å². The maximum atomic E-state index is 11.3. The van der Waals surface area contributed by atoms with Crippen molar-refractivity contribution in [3.63, 3.8) is 0 Å². The van der Waals surface area contributed by atoms with E-state index in [1.165, 1.54) is 0 Å². The van der Waals surface area contributed by atoms with Crippen molar-refractivity contribution in [3.05, 3.63) is 29.0 Å². The highest BCUT2D eigenvalue weighted by atomic mass is 79.9.